The third-order valence-corrected chi connectivity index (χ3v) is 9.04. The summed E-state index contributed by atoms with van der Waals surface area (Å²) in [4.78, 5) is 40.3. The first-order valence-electron chi connectivity index (χ1n) is 16.3. The molecular weight excluding hydrogens is 625 g/mol. The third-order valence-electron chi connectivity index (χ3n) is 9.04. The molecule has 1 atom stereocenters. The zero-order valence-corrected chi connectivity index (χ0v) is 27.4. The first-order chi connectivity index (χ1) is 23.6. The van der Waals surface area contributed by atoms with Gasteiger partial charge in [-0.25, -0.2) is 4.39 Å². The molecular formula is C39H38FN3O6. The third kappa shape index (κ3) is 7.34. The van der Waals surface area contributed by atoms with Crippen LogP contribution in [0.5, 0.6) is 17.2 Å². The van der Waals surface area contributed by atoms with Crippen molar-refractivity contribution in [3.63, 3.8) is 0 Å². The molecule has 2 aliphatic rings. The molecule has 252 valence electrons. The maximum Gasteiger partial charge on any atom is 0.255 e. The summed E-state index contributed by atoms with van der Waals surface area (Å²) in [6.45, 7) is 3.44. The second-order valence-electron chi connectivity index (χ2n) is 12.4. The van der Waals surface area contributed by atoms with Crippen molar-refractivity contribution in [3.05, 3.63) is 124 Å². The zero-order valence-electron chi connectivity index (χ0n) is 27.4. The first-order valence-corrected chi connectivity index (χ1v) is 16.3. The lowest BCUT2D eigenvalue weighted by Gasteiger charge is -2.29. The number of rotatable bonds is 11. The second kappa shape index (κ2) is 14.3. The molecule has 3 amide bonds. The maximum atomic E-state index is 15.1. The van der Waals surface area contributed by atoms with Gasteiger partial charge in [0.1, 0.15) is 35.7 Å². The van der Waals surface area contributed by atoms with Crippen molar-refractivity contribution < 1.29 is 33.7 Å². The molecule has 9 nitrogen and oxygen atoms in total. The van der Waals surface area contributed by atoms with Crippen LogP contribution in [-0.4, -0.2) is 64.0 Å². The van der Waals surface area contributed by atoms with Gasteiger partial charge in [-0.1, -0.05) is 43.3 Å². The molecule has 4 aromatic carbocycles. The van der Waals surface area contributed by atoms with E-state index in [1.807, 2.05) is 60.5 Å². The van der Waals surface area contributed by atoms with E-state index in [1.54, 1.807) is 30.3 Å². The fraction of sp³-hybridized carbons (Fsp3) is 0.256. The predicted octanol–water partition coefficient (Wildman–Crippen LogP) is 5.88. The molecule has 0 radical (unpaired) electrons. The Balaban J connectivity index is 1.10. The normalized spacial score (nSPS) is 16.4. The van der Waals surface area contributed by atoms with Crippen molar-refractivity contribution in [3.8, 4) is 17.2 Å². The quantitative estimate of drug-likeness (QED) is 0.136. The number of piperidine rings is 1. The monoisotopic (exact) mass is 663 g/mol. The van der Waals surface area contributed by atoms with Gasteiger partial charge in [-0.3, -0.25) is 24.6 Å². The summed E-state index contributed by atoms with van der Waals surface area (Å²) in [7, 11) is 1.87. The number of aromatic hydroxyl groups is 2. The first kappa shape index (κ1) is 33.4. The number of benzene rings is 4. The van der Waals surface area contributed by atoms with E-state index in [9.17, 15) is 24.6 Å². The van der Waals surface area contributed by atoms with Gasteiger partial charge >= 0.3 is 0 Å². The summed E-state index contributed by atoms with van der Waals surface area (Å²) in [5.41, 5.74) is 6.37. The highest BCUT2D eigenvalue weighted by Gasteiger charge is 2.39. The van der Waals surface area contributed by atoms with Crippen molar-refractivity contribution in [1.82, 2.24) is 15.1 Å². The largest absolute Gasteiger partial charge is 0.508 e. The number of carbonyl (C=O) groups excluding carboxylic acids is 3. The van der Waals surface area contributed by atoms with Crippen LogP contribution in [0.3, 0.4) is 0 Å². The number of ether oxygens (including phenoxy) is 1. The lowest BCUT2D eigenvalue weighted by molar-refractivity contribution is -0.136. The van der Waals surface area contributed by atoms with Gasteiger partial charge in [0.15, 0.2) is 0 Å². The molecule has 49 heavy (non-hydrogen) atoms. The van der Waals surface area contributed by atoms with Crippen molar-refractivity contribution in [2.24, 2.45) is 0 Å². The summed E-state index contributed by atoms with van der Waals surface area (Å²) in [5, 5.41) is 22.0. The molecule has 0 saturated carbocycles. The molecule has 1 fully saturated rings. The van der Waals surface area contributed by atoms with E-state index in [0.717, 1.165) is 34.3 Å². The Morgan fingerprint density at radius 2 is 1.53 bits per heavy atom. The van der Waals surface area contributed by atoms with Crippen LogP contribution in [0.2, 0.25) is 0 Å². The predicted molar refractivity (Wildman–Crippen MR) is 183 cm³/mol. The van der Waals surface area contributed by atoms with E-state index >= 15 is 4.39 Å². The fourth-order valence-electron chi connectivity index (χ4n) is 6.50. The van der Waals surface area contributed by atoms with Gasteiger partial charge in [0, 0.05) is 37.2 Å². The Hall–Kier alpha value is -5.48. The van der Waals surface area contributed by atoms with Crippen LogP contribution < -0.4 is 10.1 Å². The molecule has 0 bridgehead atoms. The van der Waals surface area contributed by atoms with Crippen LogP contribution in [0.15, 0.2) is 84.9 Å². The minimum absolute atomic E-state index is 0.159. The SMILES string of the molecule is CC/C(=C(/c1ccc(O)cc1)c1ccc(OCCN(C)Cc2cc3c(cc2F)C(=O)N(C2CCC(=O)NC2=O)C3)cc1)c1ccc(O)cc1. The summed E-state index contributed by atoms with van der Waals surface area (Å²) in [5.74, 6) is -0.680. The average molecular weight is 664 g/mol. The van der Waals surface area contributed by atoms with E-state index in [-0.39, 0.29) is 42.4 Å². The number of nitrogens with one attached hydrogen (secondary N) is 1. The van der Waals surface area contributed by atoms with Gasteiger partial charge < -0.3 is 19.8 Å². The average Bonchev–Trinajstić information content (AvgIpc) is 3.39. The highest BCUT2D eigenvalue weighted by Crippen LogP contribution is 2.36. The Kier molecular flexibility index (Phi) is 9.77. The summed E-state index contributed by atoms with van der Waals surface area (Å²) >= 11 is 0. The fourth-order valence-corrected chi connectivity index (χ4v) is 6.50. The topological polar surface area (TPSA) is 119 Å². The molecule has 3 N–H and O–H groups in total. The van der Waals surface area contributed by atoms with E-state index in [1.165, 1.54) is 11.0 Å². The van der Waals surface area contributed by atoms with E-state index < -0.39 is 23.7 Å². The number of imide groups is 1. The molecule has 2 heterocycles. The van der Waals surface area contributed by atoms with E-state index in [4.69, 9.17) is 4.74 Å². The van der Waals surface area contributed by atoms with Crippen molar-refractivity contribution in [2.45, 2.75) is 45.3 Å². The number of fused-ring (bicyclic) bond motifs is 1. The molecule has 0 aliphatic carbocycles. The number of hydrogen-bond donors (Lipinski definition) is 3. The van der Waals surface area contributed by atoms with Gasteiger partial charge in [0.05, 0.1) is 0 Å². The van der Waals surface area contributed by atoms with Crippen molar-refractivity contribution in [2.75, 3.05) is 20.2 Å². The zero-order chi connectivity index (χ0) is 34.7. The summed E-state index contributed by atoms with van der Waals surface area (Å²) < 4.78 is 21.2. The molecule has 2 aliphatic heterocycles. The van der Waals surface area contributed by atoms with Gasteiger partial charge in [0.25, 0.3) is 5.91 Å². The van der Waals surface area contributed by atoms with E-state index in [2.05, 4.69) is 12.2 Å². The van der Waals surface area contributed by atoms with E-state index in [0.29, 0.717) is 36.6 Å². The molecule has 6 rings (SSSR count). The lowest BCUT2D eigenvalue weighted by Crippen LogP contribution is -2.52. The number of likely N-dealkylation sites (N-methyl/N-ethyl adjacent to an activating group) is 1. The van der Waals surface area contributed by atoms with Crippen LogP contribution in [-0.2, 0) is 22.7 Å². The number of carbonyl (C=O) groups is 3. The number of amides is 3. The van der Waals surface area contributed by atoms with Gasteiger partial charge in [-0.2, -0.15) is 0 Å². The van der Waals surface area contributed by atoms with Crippen LogP contribution in [0.25, 0.3) is 11.1 Å². The molecule has 0 spiro atoms. The minimum atomic E-state index is -0.749. The Morgan fingerprint density at radius 1 is 0.918 bits per heavy atom. The van der Waals surface area contributed by atoms with Gasteiger partial charge in [-0.15, -0.1) is 0 Å². The number of nitrogens with zero attached hydrogens (tertiary/aromatic N) is 2. The lowest BCUT2D eigenvalue weighted by atomic mass is 9.88. The Bertz CT molecular complexity index is 1910. The number of allylic oxidation sites excluding steroid dienone is 1. The molecule has 1 saturated heterocycles. The van der Waals surface area contributed by atoms with Crippen LogP contribution in [0, 0.1) is 5.82 Å². The van der Waals surface area contributed by atoms with Gasteiger partial charge in [0.2, 0.25) is 11.8 Å². The van der Waals surface area contributed by atoms with Crippen LogP contribution >= 0.6 is 0 Å². The summed E-state index contributed by atoms with van der Waals surface area (Å²) in [6, 6.07) is 24.2. The van der Waals surface area contributed by atoms with Crippen LogP contribution in [0.4, 0.5) is 4.39 Å². The standard InChI is InChI=1S/C39H38FN3O6/c1-3-32(24-4-10-29(44)11-5-24)37(25-6-12-30(45)13-7-25)26-8-14-31(15-9-26)49-19-18-42(2)22-28-20-27-23-43(39(48)33(27)21-34(28)40)35-16-17-36(46)41-38(35)47/h4-15,20-21,35,44-45H,3,16-19,22-23H2,1-2H3,(H,41,46,47)/b37-32+. The molecule has 10 heteroatoms. The smallest absolute Gasteiger partial charge is 0.255 e. The number of hydrogen-bond acceptors (Lipinski definition) is 7. The van der Waals surface area contributed by atoms with Crippen molar-refractivity contribution in [1.29, 1.82) is 0 Å². The minimum Gasteiger partial charge on any atom is -0.508 e. The molecule has 1 unspecified atom stereocenters. The van der Waals surface area contributed by atoms with Crippen molar-refractivity contribution >= 4 is 28.9 Å². The van der Waals surface area contributed by atoms with Gasteiger partial charge in [-0.05, 0) is 102 Å². The second-order valence-corrected chi connectivity index (χ2v) is 12.4. The molecule has 4 aromatic rings. The Labute approximate surface area is 284 Å². The van der Waals surface area contributed by atoms with Crippen LogP contribution in [0.1, 0.15) is 64.4 Å². The maximum absolute atomic E-state index is 15.1. The molecule has 0 aromatic heterocycles. The summed E-state index contributed by atoms with van der Waals surface area (Å²) in [6.07, 6.45) is 1.15. The highest BCUT2D eigenvalue weighted by atomic mass is 19.1. The number of halogens is 1. The Morgan fingerprint density at radius 3 is 2.14 bits per heavy atom. The number of phenols is 2. The highest BCUT2D eigenvalue weighted by molar-refractivity contribution is 6.05. The number of phenolic OH excluding ortho intramolecular Hbond substituents is 2.